The molecular formula is C21H20N4O3. The van der Waals surface area contributed by atoms with Crippen LogP contribution in [0.1, 0.15) is 0 Å². The first-order chi connectivity index (χ1) is 13.7. The number of hydrogen-bond acceptors (Lipinski definition) is 6. The Kier molecular flexibility index (Phi) is 4.72. The molecule has 0 unspecified atom stereocenters. The molecule has 0 radical (unpaired) electrons. The van der Waals surface area contributed by atoms with Gasteiger partial charge in [0.2, 0.25) is 0 Å². The van der Waals surface area contributed by atoms with Gasteiger partial charge in [-0.3, -0.25) is 4.98 Å². The van der Waals surface area contributed by atoms with Gasteiger partial charge >= 0.3 is 0 Å². The molecule has 0 saturated heterocycles. The van der Waals surface area contributed by atoms with Crippen LogP contribution >= 0.6 is 0 Å². The third kappa shape index (κ3) is 3.29. The van der Waals surface area contributed by atoms with Crippen LogP contribution in [0.4, 0.5) is 11.4 Å². The van der Waals surface area contributed by atoms with Gasteiger partial charge in [0, 0.05) is 53.6 Å². The average Bonchev–Trinajstić information content (AvgIpc) is 3.27. The van der Waals surface area contributed by atoms with Crippen LogP contribution in [0.15, 0.2) is 61.1 Å². The minimum Gasteiger partial charge on any atom is -0.497 e. The van der Waals surface area contributed by atoms with E-state index in [4.69, 9.17) is 14.2 Å². The van der Waals surface area contributed by atoms with Gasteiger partial charge < -0.3 is 19.5 Å². The number of hydrogen-bond donors (Lipinski definition) is 1. The van der Waals surface area contributed by atoms with Gasteiger partial charge in [-0.15, -0.1) is 0 Å². The van der Waals surface area contributed by atoms with Crippen molar-refractivity contribution in [3.63, 3.8) is 0 Å². The van der Waals surface area contributed by atoms with E-state index in [1.807, 2.05) is 48.7 Å². The molecule has 0 bridgehead atoms. The Morgan fingerprint density at radius 2 is 1.71 bits per heavy atom. The van der Waals surface area contributed by atoms with Crippen molar-refractivity contribution < 1.29 is 14.2 Å². The largest absolute Gasteiger partial charge is 0.497 e. The summed E-state index contributed by atoms with van der Waals surface area (Å²) in [5.41, 5.74) is 3.46. The van der Waals surface area contributed by atoms with Crippen LogP contribution < -0.4 is 19.5 Å². The van der Waals surface area contributed by atoms with Crippen LogP contribution in [-0.4, -0.2) is 36.1 Å². The minimum atomic E-state index is 0.641. The zero-order valence-corrected chi connectivity index (χ0v) is 15.8. The lowest BCUT2D eigenvalue weighted by Crippen LogP contribution is -1.99. The average molecular weight is 376 g/mol. The number of rotatable bonds is 6. The second-order valence-electron chi connectivity index (χ2n) is 6.08. The summed E-state index contributed by atoms with van der Waals surface area (Å²) in [6, 6.07) is 13.4. The van der Waals surface area contributed by atoms with E-state index in [1.165, 1.54) is 0 Å². The van der Waals surface area contributed by atoms with Crippen molar-refractivity contribution in [1.29, 1.82) is 0 Å². The Morgan fingerprint density at radius 1 is 0.893 bits per heavy atom. The standard InChI is InChI=1S/C21H20N4O3/c1-26-16-10-14(9-15(11-16)25-8-4-6-23-25)24-18-5-7-22-19-13-21(28-3)20(27-2)12-17(18)19/h4-13H,1-3H3,(H,22,24). The predicted molar refractivity (Wildman–Crippen MR) is 108 cm³/mol. The van der Waals surface area contributed by atoms with Crippen LogP contribution in [0.3, 0.4) is 0 Å². The highest BCUT2D eigenvalue weighted by Crippen LogP contribution is 2.36. The highest BCUT2D eigenvalue weighted by Gasteiger charge is 2.11. The van der Waals surface area contributed by atoms with Crippen molar-refractivity contribution in [1.82, 2.24) is 14.8 Å². The zero-order valence-electron chi connectivity index (χ0n) is 15.8. The molecular weight excluding hydrogens is 356 g/mol. The second kappa shape index (κ2) is 7.48. The molecule has 7 heteroatoms. The van der Waals surface area contributed by atoms with E-state index in [9.17, 15) is 0 Å². The van der Waals surface area contributed by atoms with Gasteiger partial charge in [0.05, 0.1) is 32.5 Å². The Labute approximate surface area is 162 Å². The van der Waals surface area contributed by atoms with E-state index in [1.54, 1.807) is 38.4 Å². The molecule has 28 heavy (non-hydrogen) atoms. The molecule has 0 spiro atoms. The summed E-state index contributed by atoms with van der Waals surface area (Å²) in [4.78, 5) is 4.45. The summed E-state index contributed by atoms with van der Waals surface area (Å²) in [5.74, 6) is 2.02. The molecule has 0 fully saturated rings. The lowest BCUT2D eigenvalue weighted by Gasteiger charge is -2.14. The SMILES string of the molecule is COc1cc(Nc2ccnc3cc(OC)c(OC)cc23)cc(-n2cccn2)c1. The molecule has 0 aliphatic heterocycles. The van der Waals surface area contributed by atoms with Gasteiger partial charge in [0.1, 0.15) is 5.75 Å². The minimum absolute atomic E-state index is 0.641. The van der Waals surface area contributed by atoms with E-state index in [-0.39, 0.29) is 0 Å². The lowest BCUT2D eigenvalue weighted by molar-refractivity contribution is 0.356. The molecule has 2 heterocycles. The Bertz CT molecular complexity index is 1110. The van der Waals surface area contributed by atoms with Crippen molar-refractivity contribution in [2.75, 3.05) is 26.6 Å². The predicted octanol–water partition coefficient (Wildman–Crippen LogP) is 4.19. The summed E-state index contributed by atoms with van der Waals surface area (Å²) in [6.07, 6.45) is 5.38. The number of nitrogens with one attached hydrogen (secondary N) is 1. The maximum absolute atomic E-state index is 5.46. The van der Waals surface area contributed by atoms with Gasteiger partial charge in [-0.05, 0) is 24.3 Å². The maximum Gasteiger partial charge on any atom is 0.162 e. The Hall–Kier alpha value is -3.74. The number of pyridine rings is 1. The summed E-state index contributed by atoms with van der Waals surface area (Å²) < 4.78 is 18.1. The van der Waals surface area contributed by atoms with E-state index >= 15 is 0 Å². The molecule has 0 aliphatic carbocycles. The van der Waals surface area contributed by atoms with Crippen LogP contribution in [-0.2, 0) is 0 Å². The molecule has 1 N–H and O–H groups in total. The van der Waals surface area contributed by atoms with Crippen LogP contribution in [0, 0.1) is 0 Å². The number of benzene rings is 2. The third-order valence-corrected chi connectivity index (χ3v) is 4.42. The number of aromatic nitrogens is 3. The first kappa shape index (κ1) is 17.7. The molecule has 2 aromatic carbocycles. The molecule has 4 rings (SSSR count). The second-order valence-corrected chi connectivity index (χ2v) is 6.08. The van der Waals surface area contributed by atoms with Crippen molar-refractivity contribution >= 4 is 22.3 Å². The van der Waals surface area contributed by atoms with Crippen molar-refractivity contribution in [2.24, 2.45) is 0 Å². The molecule has 0 aliphatic rings. The Balaban J connectivity index is 1.79. The van der Waals surface area contributed by atoms with Crippen molar-refractivity contribution in [2.45, 2.75) is 0 Å². The maximum atomic E-state index is 5.46. The summed E-state index contributed by atoms with van der Waals surface area (Å²) in [7, 11) is 4.87. The lowest BCUT2D eigenvalue weighted by atomic mass is 10.1. The fourth-order valence-electron chi connectivity index (χ4n) is 3.06. The van der Waals surface area contributed by atoms with Gasteiger partial charge in [-0.2, -0.15) is 5.10 Å². The molecule has 142 valence electrons. The molecule has 2 aromatic heterocycles. The fraction of sp³-hybridized carbons (Fsp3) is 0.143. The van der Waals surface area contributed by atoms with Crippen LogP contribution in [0.2, 0.25) is 0 Å². The van der Waals surface area contributed by atoms with Gasteiger partial charge in [-0.25, -0.2) is 4.68 Å². The van der Waals surface area contributed by atoms with Crippen LogP contribution in [0.25, 0.3) is 16.6 Å². The topological polar surface area (TPSA) is 70.4 Å². The molecule has 0 atom stereocenters. The fourth-order valence-corrected chi connectivity index (χ4v) is 3.06. The van der Waals surface area contributed by atoms with Crippen molar-refractivity contribution in [3.8, 4) is 22.9 Å². The highest BCUT2D eigenvalue weighted by atomic mass is 16.5. The Morgan fingerprint density at radius 3 is 2.43 bits per heavy atom. The smallest absolute Gasteiger partial charge is 0.162 e. The summed E-state index contributed by atoms with van der Waals surface area (Å²) >= 11 is 0. The number of nitrogens with zero attached hydrogens (tertiary/aromatic N) is 3. The number of fused-ring (bicyclic) bond motifs is 1. The van der Waals surface area contributed by atoms with E-state index in [0.717, 1.165) is 33.7 Å². The van der Waals surface area contributed by atoms with Gasteiger partial charge in [-0.1, -0.05) is 0 Å². The first-order valence-electron chi connectivity index (χ1n) is 8.68. The molecule has 4 aromatic rings. The highest BCUT2D eigenvalue weighted by molar-refractivity contribution is 5.95. The van der Waals surface area contributed by atoms with E-state index < -0.39 is 0 Å². The number of anilines is 2. The summed E-state index contributed by atoms with van der Waals surface area (Å²) in [5, 5.41) is 8.67. The van der Waals surface area contributed by atoms with E-state index in [0.29, 0.717) is 11.5 Å². The van der Waals surface area contributed by atoms with Gasteiger partial charge in [0.15, 0.2) is 11.5 Å². The normalized spacial score (nSPS) is 10.7. The van der Waals surface area contributed by atoms with Crippen molar-refractivity contribution in [3.05, 3.63) is 61.1 Å². The van der Waals surface area contributed by atoms with Crippen LogP contribution in [0.5, 0.6) is 17.2 Å². The first-order valence-corrected chi connectivity index (χ1v) is 8.68. The molecule has 7 nitrogen and oxygen atoms in total. The van der Waals surface area contributed by atoms with Gasteiger partial charge in [0.25, 0.3) is 0 Å². The third-order valence-electron chi connectivity index (χ3n) is 4.42. The quantitative estimate of drug-likeness (QED) is 0.544. The zero-order chi connectivity index (χ0) is 19.5. The number of ether oxygens (including phenoxy) is 3. The number of methoxy groups -OCH3 is 3. The van der Waals surface area contributed by atoms with E-state index in [2.05, 4.69) is 15.4 Å². The summed E-state index contributed by atoms with van der Waals surface area (Å²) in [6.45, 7) is 0. The molecule has 0 saturated carbocycles. The monoisotopic (exact) mass is 376 g/mol. The molecule has 0 amide bonds.